The van der Waals surface area contributed by atoms with Crippen molar-refractivity contribution >= 4 is 40.5 Å². The lowest BCUT2D eigenvalue weighted by Gasteiger charge is -2.37. The Morgan fingerprint density at radius 3 is 2.51 bits per heavy atom. The van der Waals surface area contributed by atoms with Crippen molar-refractivity contribution < 1.29 is 33.4 Å². The van der Waals surface area contributed by atoms with Crippen LogP contribution in [-0.2, 0) is 52.8 Å². The quantitative estimate of drug-likeness (QED) is 0.188. The number of hydrazine groups is 1. The van der Waals surface area contributed by atoms with E-state index >= 15 is 0 Å². The molecule has 3 fully saturated rings. The summed E-state index contributed by atoms with van der Waals surface area (Å²) in [6.07, 6.45) is 5.94. The lowest BCUT2D eigenvalue weighted by atomic mass is 9.84. The SMILES string of the molecule is CCn1c(-c2cccnc2)c2c3cc(ccc31)-c1cccc(c1)C[C@H](NC(=O)C(C(C)C)N(C)C(=O)[C@H]1CCN(C(=O)C#CCN3CCOCC3)C1)C(=O)N1CCC[C@H](N1)C(=O)OCC(C)(C)C2. The molecule has 15 nitrogen and oxygen atoms in total. The Morgan fingerprint density at radius 1 is 0.985 bits per heavy atom. The minimum Gasteiger partial charge on any atom is -0.464 e. The lowest BCUT2D eigenvalue weighted by Crippen LogP contribution is -2.62. The van der Waals surface area contributed by atoms with Crippen LogP contribution in [0.2, 0.25) is 0 Å². The summed E-state index contributed by atoms with van der Waals surface area (Å²) >= 11 is 0. The molecule has 4 atom stereocenters. The zero-order chi connectivity index (χ0) is 48.1. The second-order valence-electron chi connectivity index (χ2n) is 19.8. The van der Waals surface area contributed by atoms with E-state index in [1.165, 1.54) is 9.91 Å². The zero-order valence-corrected chi connectivity index (χ0v) is 40.4. The van der Waals surface area contributed by atoms with E-state index in [0.29, 0.717) is 58.5 Å². The fourth-order valence-electron chi connectivity index (χ4n) is 10.3. The van der Waals surface area contributed by atoms with Crippen molar-refractivity contribution in [2.45, 2.75) is 91.4 Å². The van der Waals surface area contributed by atoms with Gasteiger partial charge < -0.3 is 29.2 Å². The molecule has 68 heavy (non-hydrogen) atoms. The fraction of sp³-hybridized carbons (Fsp3) is 0.509. The molecule has 2 aromatic carbocycles. The summed E-state index contributed by atoms with van der Waals surface area (Å²) in [5.74, 6) is 3.05. The van der Waals surface area contributed by atoms with Crippen molar-refractivity contribution in [1.29, 1.82) is 0 Å². The van der Waals surface area contributed by atoms with E-state index in [4.69, 9.17) is 9.47 Å². The molecule has 6 bridgehead atoms. The van der Waals surface area contributed by atoms with Gasteiger partial charge in [-0.3, -0.25) is 38.9 Å². The van der Waals surface area contributed by atoms with Crippen molar-refractivity contribution in [3.63, 3.8) is 0 Å². The van der Waals surface area contributed by atoms with Crippen molar-refractivity contribution in [3.8, 4) is 34.2 Å². The number of morpholine rings is 1. The van der Waals surface area contributed by atoms with Gasteiger partial charge in [0.05, 0.1) is 38.0 Å². The van der Waals surface area contributed by atoms with E-state index in [-0.39, 0.29) is 37.3 Å². The highest BCUT2D eigenvalue weighted by atomic mass is 16.5. The molecule has 0 radical (unpaired) electrons. The van der Waals surface area contributed by atoms with Gasteiger partial charge in [-0.05, 0) is 91.0 Å². The summed E-state index contributed by atoms with van der Waals surface area (Å²) in [6.45, 7) is 15.3. The van der Waals surface area contributed by atoms with Gasteiger partial charge >= 0.3 is 5.97 Å². The lowest BCUT2D eigenvalue weighted by molar-refractivity contribution is -0.155. The highest BCUT2D eigenvalue weighted by molar-refractivity contribution is 5.97. The second-order valence-corrected chi connectivity index (χ2v) is 19.8. The number of fused-ring (bicyclic) bond motifs is 6. The number of hydrogen-bond donors (Lipinski definition) is 2. The maximum Gasteiger partial charge on any atom is 0.324 e. The summed E-state index contributed by atoms with van der Waals surface area (Å²) < 4.78 is 13.8. The number of aromatic nitrogens is 2. The van der Waals surface area contributed by atoms with E-state index in [0.717, 1.165) is 64.0 Å². The first-order valence-electron chi connectivity index (χ1n) is 24.2. The van der Waals surface area contributed by atoms with Gasteiger partial charge in [-0.2, -0.15) is 0 Å². The predicted octanol–water partition coefficient (Wildman–Crippen LogP) is 4.71. The maximum atomic E-state index is 14.7. The third-order valence-corrected chi connectivity index (χ3v) is 13.8. The predicted molar refractivity (Wildman–Crippen MR) is 259 cm³/mol. The number of likely N-dealkylation sites (N-methyl/N-ethyl adjacent to an activating group) is 1. The topological polar surface area (TPSA) is 159 Å². The van der Waals surface area contributed by atoms with Crippen LogP contribution in [0.1, 0.15) is 65.0 Å². The average molecular weight is 927 g/mol. The molecule has 2 N–H and O–H groups in total. The molecule has 0 saturated carbocycles. The number of nitrogens with zero attached hydrogens (tertiary/aromatic N) is 6. The molecule has 4 aliphatic rings. The number of hydrogen-bond acceptors (Lipinski definition) is 10. The fourth-order valence-corrected chi connectivity index (χ4v) is 10.3. The average Bonchev–Trinajstić information content (AvgIpc) is 3.96. The Labute approximate surface area is 399 Å². The number of carbonyl (C=O) groups excluding carboxylic acids is 5. The van der Waals surface area contributed by atoms with Crippen molar-refractivity contribution in [3.05, 3.63) is 78.1 Å². The minimum atomic E-state index is -1.05. The Bertz CT molecular complexity index is 2570. The van der Waals surface area contributed by atoms with Crippen LogP contribution in [-0.4, -0.2) is 143 Å². The van der Waals surface area contributed by atoms with Crippen LogP contribution in [0, 0.1) is 29.1 Å². The molecule has 0 spiro atoms. The van der Waals surface area contributed by atoms with Gasteiger partial charge in [0.25, 0.3) is 11.8 Å². The van der Waals surface area contributed by atoms with Gasteiger partial charge in [-0.1, -0.05) is 63.9 Å². The number of cyclic esters (lactones) is 1. The molecule has 4 amide bonds. The van der Waals surface area contributed by atoms with Crippen LogP contribution in [0.3, 0.4) is 0 Å². The molecule has 360 valence electrons. The van der Waals surface area contributed by atoms with E-state index in [1.54, 1.807) is 18.1 Å². The van der Waals surface area contributed by atoms with Crippen molar-refractivity contribution in [2.24, 2.45) is 17.3 Å². The molecule has 1 unspecified atom stereocenters. The van der Waals surface area contributed by atoms with E-state index in [2.05, 4.69) is 94.2 Å². The molecular formula is C53H66N8O7. The van der Waals surface area contributed by atoms with E-state index in [1.807, 2.05) is 38.2 Å². The number of esters is 1. The highest BCUT2D eigenvalue weighted by Crippen LogP contribution is 2.40. The normalized spacial score (nSPS) is 21.7. The number of carbonyl (C=O) groups is 5. The molecule has 6 heterocycles. The second kappa shape index (κ2) is 21.1. The maximum absolute atomic E-state index is 14.7. The smallest absolute Gasteiger partial charge is 0.324 e. The van der Waals surface area contributed by atoms with Gasteiger partial charge in [-0.15, -0.1) is 0 Å². The number of nitrogens with one attached hydrogen (secondary N) is 2. The van der Waals surface area contributed by atoms with Crippen LogP contribution in [0.15, 0.2) is 67.0 Å². The molecule has 2 aromatic heterocycles. The molecule has 4 aromatic rings. The molecule has 4 aliphatic heterocycles. The van der Waals surface area contributed by atoms with Crippen LogP contribution < -0.4 is 10.7 Å². The zero-order valence-electron chi connectivity index (χ0n) is 40.4. The molecule has 0 aliphatic carbocycles. The summed E-state index contributed by atoms with van der Waals surface area (Å²) in [4.78, 5) is 80.1. The Kier molecular flexibility index (Phi) is 15.0. The number of likely N-dealkylation sites (tertiary alicyclic amines) is 1. The Morgan fingerprint density at radius 2 is 1.76 bits per heavy atom. The number of benzene rings is 2. The van der Waals surface area contributed by atoms with E-state index in [9.17, 15) is 24.0 Å². The summed E-state index contributed by atoms with van der Waals surface area (Å²) in [7, 11) is 1.62. The van der Waals surface area contributed by atoms with Gasteiger partial charge in [-0.25, -0.2) is 5.43 Å². The number of rotatable bonds is 8. The standard InChI is InChI=1S/C53H66N8O7/c1-7-60-45-18-17-38-30-41(45)42(48(60)39-14-9-20-54-32-39)31-53(4,5)34-68-52(66)43-15-10-22-61(56-43)51(65)44(29-36-12-8-13-37(38)28-36)55-49(63)47(35(2)3)57(6)50(64)40-19-23-59(33-40)46(62)16-11-21-58-24-26-67-27-25-58/h8-9,12-14,17-18,20,28,30,32,35,40,43-44,47,56H,7,10,15,19,21-27,29,31,33-34H2,1-6H3,(H,55,63)/t40-,43-,44-,47?/m0/s1. The third kappa shape index (κ3) is 10.8. The Balaban J connectivity index is 1.07. The summed E-state index contributed by atoms with van der Waals surface area (Å²) in [5, 5.41) is 5.62. The first-order valence-corrected chi connectivity index (χ1v) is 24.2. The van der Waals surface area contributed by atoms with Crippen molar-refractivity contribution in [2.75, 3.05) is 66.1 Å². The summed E-state index contributed by atoms with van der Waals surface area (Å²) in [6, 6.07) is 15.9. The van der Waals surface area contributed by atoms with Gasteiger partial charge in [0, 0.05) is 87.0 Å². The first kappa shape index (κ1) is 48.4. The highest BCUT2D eigenvalue weighted by Gasteiger charge is 2.40. The van der Waals surface area contributed by atoms with E-state index < -0.39 is 47.2 Å². The van der Waals surface area contributed by atoms with Crippen molar-refractivity contribution in [1.82, 2.24) is 40.0 Å². The van der Waals surface area contributed by atoms with Crippen LogP contribution in [0.5, 0.6) is 0 Å². The molecule has 3 saturated heterocycles. The first-order chi connectivity index (χ1) is 32.7. The van der Waals surface area contributed by atoms with Gasteiger partial charge in [0.15, 0.2) is 0 Å². The number of pyridine rings is 1. The molecular weight excluding hydrogens is 861 g/mol. The third-order valence-electron chi connectivity index (χ3n) is 13.8. The Hall–Kier alpha value is -6.08. The number of amides is 4. The monoisotopic (exact) mass is 927 g/mol. The van der Waals surface area contributed by atoms with Crippen LogP contribution >= 0.6 is 0 Å². The van der Waals surface area contributed by atoms with Crippen LogP contribution in [0.4, 0.5) is 0 Å². The van der Waals surface area contributed by atoms with Crippen LogP contribution in [0.25, 0.3) is 33.3 Å². The number of ether oxygens (including phenoxy) is 2. The minimum absolute atomic E-state index is 0.152. The summed E-state index contributed by atoms with van der Waals surface area (Å²) in [5.41, 5.74) is 9.83. The number of aryl methyl sites for hydroxylation is 1. The molecule has 8 rings (SSSR count). The van der Waals surface area contributed by atoms with Gasteiger partial charge in [0.1, 0.15) is 18.1 Å². The van der Waals surface area contributed by atoms with Gasteiger partial charge in [0.2, 0.25) is 11.8 Å². The largest absolute Gasteiger partial charge is 0.464 e. The molecule has 15 heteroatoms.